The summed E-state index contributed by atoms with van der Waals surface area (Å²) in [6.07, 6.45) is 7.60. The van der Waals surface area contributed by atoms with E-state index in [1.807, 2.05) is 7.11 Å². The summed E-state index contributed by atoms with van der Waals surface area (Å²) in [5.41, 5.74) is 0. The monoisotopic (exact) mass is 223 g/mol. The zero-order valence-corrected chi connectivity index (χ0v) is 10.6. The van der Waals surface area contributed by atoms with Crippen molar-refractivity contribution in [2.45, 2.75) is 38.1 Å². The average Bonchev–Trinajstić information content (AvgIpc) is 2.26. The van der Waals surface area contributed by atoms with Gasteiger partial charge in [0.2, 0.25) is 0 Å². The standard InChI is InChI=1S/C14H25NO/c1-15-13(8-16-2)14-11-4-9-3-10(6-11)7-12(14)5-9/h9-15H,3-8H2,1-2H3. The van der Waals surface area contributed by atoms with Crippen LogP contribution in [-0.2, 0) is 4.74 Å². The minimum atomic E-state index is 0.597. The van der Waals surface area contributed by atoms with Crippen LogP contribution in [0.15, 0.2) is 0 Å². The van der Waals surface area contributed by atoms with Gasteiger partial charge in [-0.1, -0.05) is 0 Å². The van der Waals surface area contributed by atoms with Crippen LogP contribution in [0.5, 0.6) is 0 Å². The van der Waals surface area contributed by atoms with Crippen LogP contribution in [0.3, 0.4) is 0 Å². The lowest BCUT2D eigenvalue weighted by Crippen LogP contribution is -2.53. The molecule has 0 heterocycles. The Labute approximate surface area is 99.1 Å². The van der Waals surface area contributed by atoms with Crippen molar-refractivity contribution in [2.75, 3.05) is 20.8 Å². The number of rotatable bonds is 4. The van der Waals surface area contributed by atoms with Gasteiger partial charge in [0.1, 0.15) is 0 Å². The zero-order valence-electron chi connectivity index (χ0n) is 10.6. The molecule has 0 aromatic rings. The van der Waals surface area contributed by atoms with E-state index in [-0.39, 0.29) is 0 Å². The van der Waals surface area contributed by atoms with Crippen LogP contribution < -0.4 is 5.32 Å². The first-order valence-corrected chi connectivity index (χ1v) is 6.98. The van der Waals surface area contributed by atoms with E-state index < -0.39 is 0 Å². The lowest BCUT2D eigenvalue weighted by molar-refractivity contribution is -0.0606. The van der Waals surface area contributed by atoms with Crippen molar-refractivity contribution in [1.82, 2.24) is 5.32 Å². The predicted molar refractivity (Wildman–Crippen MR) is 65.3 cm³/mol. The van der Waals surface area contributed by atoms with Crippen LogP contribution >= 0.6 is 0 Å². The van der Waals surface area contributed by atoms with Crippen molar-refractivity contribution < 1.29 is 4.74 Å². The summed E-state index contributed by atoms with van der Waals surface area (Å²) >= 11 is 0. The Hall–Kier alpha value is -0.0800. The Kier molecular flexibility index (Phi) is 2.97. The summed E-state index contributed by atoms with van der Waals surface area (Å²) in [6.45, 7) is 0.892. The summed E-state index contributed by atoms with van der Waals surface area (Å²) in [6, 6.07) is 0.597. The lowest BCUT2D eigenvalue weighted by Gasteiger charge is -2.56. The van der Waals surface area contributed by atoms with Gasteiger partial charge in [-0.2, -0.15) is 0 Å². The van der Waals surface area contributed by atoms with Gasteiger partial charge < -0.3 is 10.1 Å². The summed E-state index contributed by atoms with van der Waals surface area (Å²) in [4.78, 5) is 0. The van der Waals surface area contributed by atoms with Crippen molar-refractivity contribution in [3.8, 4) is 0 Å². The van der Waals surface area contributed by atoms with Gasteiger partial charge in [-0.05, 0) is 68.7 Å². The molecule has 0 aliphatic heterocycles. The Morgan fingerprint density at radius 1 is 1.06 bits per heavy atom. The quantitative estimate of drug-likeness (QED) is 0.789. The molecule has 4 rings (SSSR count). The van der Waals surface area contributed by atoms with Gasteiger partial charge in [0.15, 0.2) is 0 Å². The number of methoxy groups -OCH3 is 1. The van der Waals surface area contributed by atoms with Crippen LogP contribution in [0.1, 0.15) is 32.1 Å². The maximum absolute atomic E-state index is 5.39. The smallest absolute Gasteiger partial charge is 0.0618 e. The normalized spacial score (nSPS) is 47.2. The molecule has 4 fully saturated rings. The highest BCUT2D eigenvalue weighted by Gasteiger charge is 2.50. The predicted octanol–water partition coefficient (Wildman–Crippen LogP) is 2.29. The molecule has 16 heavy (non-hydrogen) atoms. The Balaban J connectivity index is 1.75. The van der Waals surface area contributed by atoms with E-state index in [1.54, 1.807) is 6.42 Å². The first-order chi connectivity index (χ1) is 7.81. The van der Waals surface area contributed by atoms with E-state index in [0.717, 1.165) is 36.2 Å². The molecule has 0 amide bonds. The van der Waals surface area contributed by atoms with Gasteiger partial charge in [0.25, 0.3) is 0 Å². The maximum atomic E-state index is 5.39. The molecule has 0 spiro atoms. The molecule has 0 aromatic heterocycles. The molecule has 4 bridgehead atoms. The first-order valence-electron chi connectivity index (χ1n) is 6.98. The Morgan fingerprint density at radius 3 is 2.06 bits per heavy atom. The molecule has 4 aliphatic rings. The molecule has 4 aliphatic carbocycles. The number of ether oxygens (including phenoxy) is 1. The van der Waals surface area contributed by atoms with Crippen molar-refractivity contribution in [3.63, 3.8) is 0 Å². The Morgan fingerprint density at radius 2 is 1.62 bits per heavy atom. The molecule has 2 heteroatoms. The largest absolute Gasteiger partial charge is 0.383 e. The van der Waals surface area contributed by atoms with Crippen molar-refractivity contribution in [2.24, 2.45) is 29.6 Å². The van der Waals surface area contributed by atoms with Crippen LogP contribution in [-0.4, -0.2) is 26.8 Å². The van der Waals surface area contributed by atoms with Gasteiger partial charge in [-0.15, -0.1) is 0 Å². The van der Waals surface area contributed by atoms with Crippen LogP contribution in [0.4, 0.5) is 0 Å². The van der Waals surface area contributed by atoms with Gasteiger partial charge in [-0.3, -0.25) is 0 Å². The van der Waals surface area contributed by atoms with Crippen LogP contribution in [0.2, 0.25) is 0 Å². The number of hydrogen-bond acceptors (Lipinski definition) is 2. The Bertz CT molecular complexity index is 222. The number of hydrogen-bond donors (Lipinski definition) is 1. The summed E-state index contributed by atoms with van der Waals surface area (Å²) in [5, 5.41) is 3.51. The fourth-order valence-corrected chi connectivity index (χ4v) is 5.19. The second-order valence-corrected chi connectivity index (χ2v) is 6.36. The maximum Gasteiger partial charge on any atom is 0.0618 e. The number of nitrogens with one attached hydrogen (secondary N) is 1. The van der Waals surface area contributed by atoms with E-state index >= 15 is 0 Å². The molecule has 1 unspecified atom stereocenters. The van der Waals surface area contributed by atoms with Crippen molar-refractivity contribution in [3.05, 3.63) is 0 Å². The van der Waals surface area contributed by atoms with E-state index in [2.05, 4.69) is 12.4 Å². The van der Waals surface area contributed by atoms with Gasteiger partial charge >= 0.3 is 0 Å². The van der Waals surface area contributed by atoms with Gasteiger partial charge in [-0.25, -0.2) is 0 Å². The third-order valence-electron chi connectivity index (χ3n) is 5.48. The molecule has 4 saturated carbocycles. The van der Waals surface area contributed by atoms with E-state index in [4.69, 9.17) is 4.74 Å². The molecule has 2 nitrogen and oxygen atoms in total. The first kappa shape index (κ1) is 11.0. The molecule has 1 atom stereocenters. The number of likely N-dealkylation sites (N-methyl/N-ethyl adjacent to an activating group) is 1. The molecule has 1 N–H and O–H groups in total. The highest BCUT2D eigenvalue weighted by molar-refractivity contribution is 5.01. The van der Waals surface area contributed by atoms with Gasteiger partial charge in [0, 0.05) is 13.2 Å². The fourth-order valence-electron chi connectivity index (χ4n) is 5.19. The molecular weight excluding hydrogens is 198 g/mol. The molecule has 0 saturated heterocycles. The van der Waals surface area contributed by atoms with Gasteiger partial charge in [0.05, 0.1) is 6.61 Å². The SMILES string of the molecule is CNC(COC)C1C2CC3CC(C2)CC1C3. The van der Waals surface area contributed by atoms with Crippen LogP contribution in [0, 0.1) is 29.6 Å². The zero-order chi connectivity index (χ0) is 11.1. The van der Waals surface area contributed by atoms with Crippen molar-refractivity contribution >= 4 is 0 Å². The van der Waals surface area contributed by atoms with Crippen molar-refractivity contribution in [1.29, 1.82) is 0 Å². The minimum Gasteiger partial charge on any atom is -0.383 e. The average molecular weight is 223 g/mol. The third-order valence-corrected chi connectivity index (χ3v) is 5.48. The second kappa shape index (κ2) is 4.30. The van der Waals surface area contributed by atoms with E-state index in [9.17, 15) is 0 Å². The minimum absolute atomic E-state index is 0.597. The summed E-state index contributed by atoms with van der Waals surface area (Å²) < 4.78 is 5.39. The summed E-state index contributed by atoms with van der Waals surface area (Å²) in [5.74, 6) is 5.07. The highest BCUT2D eigenvalue weighted by atomic mass is 16.5. The molecule has 92 valence electrons. The molecule has 0 aromatic carbocycles. The fraction of sp³-hybridized carbons (Fsp3) is 1.00. The third kappa shape index (κ3) is 1.70. The molecule has 0 radical (unpaired) electrons. The lowest BCUT2D eigenvalue weighted by atomic mass is 9.50. The topological polar surface area (TPSA) is 21.3 Å². The molecular formula is C14H25NO. The van der Waals surface area contributed by atoms with E-state index in [0.29, 0.717) is 6.04 Å². The highest BCUT2D eigenvalue weighted by Crippen LogP contribution is 2.57. The summed E-state index contributed by atoms with van der Waals surface area (Å²) in [7, 11) is 3.94. The van der Waals surface area contributed by atoms with Crippen LogP contribution in [0.25, 0.3) is 0 Å². The second-order valence-electron chi connectivity index (χ2n) is 6.36. The van der Waals surface area contributed by atoms with E-state index in [1.165, 1.54) is 25.7 Å².